The Morgan fingerprint density at radius 2 is 1.69 bits per heavy atom. The van der Waals surface area contributed by atoms with E-state index in [4.69, 9.17) is 23.7 Å². The van der Waals surface area contributed by atoms with E-state index in [0.29, 0.717) is 30.1 Å². The molecule has 5 atom stereocenters. The zero-order chi connectivity index (χ0) is 44.4. The number of hydrogen-bond acceptors (Lipinski definition) is 11. The van der Waals surface area contributed by atoms with Crippen LogP contribution < -0.4 is 14.8 Å². The monoisotopic (exact) mass is 890 g/mol. The standard InChI is InChI=1S/C47H58N2O11S2/c1-29(2)25-49(62(54,55)34-17-15-32(56-6)16-18-34)26-39(50)38(48-45(53)60-40-28-59-47(5)37(40)20-22-58-47)23-30-11-13-33(14-12-30)57-27-31-9-7-8-10-35(31)43-42(44(51)52)36-24-46(3,4)21-19-41(36)61-43/h7-18,29,37-40,50H,19-28H2,1-6H3,(H,48,53)(H,51,52)/t37-,38-,39+,40?,47+/m0/s1. The number of aromatic carboxylic acids is 1. The van der Waals surface area contributed by atoms with Gasteiger partial charge < -0.3 is 39.2 Å². The van der Waals surface area contributed by atoms with E-state index in [1.165, 1.54) is 23.5 Å². The van der Waals surface area contributed by atoms with Gasteiger partial charge in [0.1, 0.15) is 24.2 Å². The van der Waals surface area contributed by atoms with Gasteiger partial charge in [0.25, 0.3) is 0 Å². The van der Waals surface area contributed by atoms with E-state index in [-0.39, 0.29) is 54.9 Å². The maximum absolute atomic E-state index is 14.0. The van der Waals surface area contributed by atoms with Crippen molar-refractivity contribution in [1.82, 2.24) is 9.62 Å². The highest BCUT2D eigenvalue weighted by Gasteiger charge is 2.53. The maximum Gasteiger partial charge on any atom is 0.407 e. The summed E-state index contributed by atoms with van der Waals surface area (Å²) < 4.78 is 58.2. The summed E-state index contributed by atoms with van der Waals surface area (Å²) in [7, 11) is -2.56. The third-order valence-electron chi connectivity index (χ3n) is 12.2. The second-order valence-corrected chi connectivity index (χ2v) is 20.9. The highest BCUT2D eigenvalue weighted by atomic mass is 32.2. The van der Waals surface area contributed by atoms with Gasteiger partial charge in [0.15, 0.2) is 5.79 Å². The molecular weight excluding hydrogens is 833 g/mol. The number of fused-ring (bicyclic) bond motifs is 2. The highest BCUT2D eigenvalue weighted by molar-refractivity contribution is 7.89. The van der Waals surface area contributed by atoms with Crippen molar-refractivity contribution < 1.29 is 51.9 Å². The van der Waals surface area contributed by atoms with Gasteiger partial charge in [0.2, 0.25) is 10.0 Å². The van der Waals surface area contributed by atoms with Gasteiger partial charge in [-0.05, 0) is 109 Å². The van der Waals surface area contributed by atoms with Crippen molar-refractivity contribution in [2.24, 2.45) is 17.3 Å². The van der Waals surface area contributed by atoms with Crippen molar-refractivity contribution in [2.75, 3.05) is 33.4 Å². The average Bonchev–Trinajstić information content (AvgIpc) is 3.90. The van der Waals surface area contributed by atoms with E-state index in [1.54, 1.807) is 35.6 Å². The topological polar surface area (TPSA) is 170 Å². The third-order valence-corrected chi connectivity index (χ3v) is 15.4. The number of aryl methyl sites for hydroxylation is 1. The third kappa shape index (κ3) is 10.1. The van der Waals surface area contributed by atoms with Crippen molar-refractivity contribution in [2.45, 2.75) is 102 Å². The Labute approximate surface area is 368 Å². The second-order valence-electron chi connectivity index (χ2n) is 17.9. The zero-order valence-electron chi connectivity index (χ0n) is 36.2. The Hall–Kier alpha value is -4.51. The van der Waals surface area contributed by atoms with Crippen LogP contribution in [0.5, 0.6) is 11.5 Å². The normalized spacial score (nSPS) is 21.6. The molecule has 1 aromatic heterocycles. The van der Waals surface area contributed by atoms with Crippen LogP contribution in [0.15, 0.2) is 77.7 Å². The number of aliphatic hydroxyl groups excluding tert-OH is 1. The molecule has 3 N–H and O–H groups in total. The minimum atomic E-state index is -4.06. The molecule has 1 amide bonds. The molecule has 0 saturated carbocycles. The maximum atomic E-state index is 14.0. The van der Waals surface area contributed by atoms with Crippen LogP contribution in [-0.2, 0) is 50.1 Å². The number of carbonyl (C=O) groups is 2. The highest BCUT2D eigenvalue weighted by Crippen LogP contribution is 2.46. The molecule has 0 radical (unpaired) electrons. The van der Waals surface area contributed by atoms with Gasteiger partial charge in [0, 0.05) is 22.8 Å². The minimum absolute atomic E-state index is 0.0347. The second kappa shape index (κ2) is 18.7. The van der Waals surface area contributed by atoms with E-state index < -0.39 is 46.1 Å². The molecule has 0 spiro atoms. The summed E-state index contributed by atoms with van der Waals surface area (Å²) in [5.41, 5.74) is 3.80. The molecule has 1 unspecified atom stereocenters. The van der Waals surface area contributed by atoms with Crippen molar-refractivity contribution >= 4 is 33.4 Å². The minimum Gasteiger partial charge on any atom is -0.497 e. The van der Waals surface area contributed by atoms with Crippen molar-refractivity contribution in [3.05, 3.63) is 99.9 Å². The first-order valence-electron chi connectivity index (χ1n) is 21.2. The number of nitrogens with one attached hydrogen (secondary N) is 1. The molecule has 2 saturated heterocycles. The van der Waals surface area contributed by atoms with Gasteiger partial charge in [-0.2, -0.15) is 4.31 Å². The summed E-state index contributed by atoms with van der Waals surface area (Å²) in [5, 5.41) is 25.1. The van der Waals surface area contributed by atoms with Crippen LogP contribution in [0, 0.1) is 17.3 Å². The number of aliphatic hydroxyl groups is 1. The van der Waals surface area contributed by atoms with Crippen molar-refractivity contribution in [3.8, 4) is 21.9 Å². The molecule has 334 valence electrons. The molecule has 2 aliphatic heterocycles. The predicted octanol–water partition coefficient (Wildman–Crippen LogP) is 7.71. The fourth-order valence-corrected chi connectivity index (χ4v) is 11.8. The quantitative estimate of drug-likeness (QED) is 0.0949. The molecule has 7 rings (SSSR count). The molecule has 2 fully saturated rings. The Kier molecular flexibility index (Phi) is 13.7. The van der Waals surface area contributed by atoms with Gasteiger partial charge in [-0.15, -0.1) is 11.3 Å². The lowest BCUT2D eigenvalue weighted by Gasteiger charge is -2.31. The molecule has 3 heterocycles. The molecule has 3 aromatic carbocycles. The van der Waals surface area contributed by atoms with Crippen LogP contribution in [-0.4, -0.2) is 92.4 Å². The Morgan fingerprint density at radius 3 is 2.39 bits per heavy atom. The number of nitrogens with zero attached hydrogens (tertiary/aromatic N) is 1. The summed E-state index contributed by atoms with van der Waals surface area (Å²) in [6, 6.07) is 20.1. The number of hydrogen-bond donors (Lipinski definition) is 3. The summed E-state index contributed by atoms with van der Waals surface area (Å²) >= 11 is 1.57. The molecule has 0 bridgehead atoms. The van der Waals surface area contributed by atoms with Crippen LogP contribution >= 0.6 is 11.3 Å². The van der Waals surface area contributed by atoms with Crippen LogP contribution in [0.4, 0.5) is 4.79 Å². The number of rotatable bonds is 17. The summed E-state index contributed by atoms with van der Waals surface area (Å²) in [6.07, 6.45) is 0.753. The number of ether oxygens (including phenoxy) is 5. The van der Waals surface area contributed by atoms with E-state index >= 15 is 0 Å². The fourth-order valence-electron chi connectivity index (χ4n) is 8.77. The van der Waals surface area contributed by atoms with Gasteiger partial charge in [-0.1, -0.05) is 64.1 Å². The first kappa shape index (κ1) is 45.5. The smallest absolute Gasteiger partial charge is 0.407 e. The number of sulfonamides is 1. The van der Waals surface area contributed by atoms with Crippen molar-refractivity contribution in [3.63, 3.8) is 0 Å². The number of carboxylic acids is 1. The lowest BCUT2D eigenvalue weighted by Crippen LogP contribution is -2.51. The van der Waals surface area contributed by atoms with Crippen molar-refractivity contribution in [1.29, 1.82) is 0 Å². The molecule has 15 heteroatoms. The summed E-state index contributed by atoms with van der Waals surface area (Å²) in [6.45, 7) is 10.7. The average molecular weight is 891 g/mol. The van der Waals surface area contributed by atoms with Crippen LogP contribution in [0.2, 0.25) is 0 Å². The zero-order valence-corrected chi connectivity index (χ0v) is 37.9. The van der Waals surface area contributed by atoms with E-state index in [2.05, 4.69) is 19.2 Å². The number of carboxylic acid groups (broad SMARTS) is 1. The number of thiophene rings is 1. The number of alkyl carbamates (subject to hydrolysis) is 1. The number of methoxy groups -OCH3 is 1. The Morgan fingerprint density at radius 1 is 0.984 bits per heavy atom. The lowest BCUT2D eigenvalue weighted by atomic mass is 9.76. The molecule has 4 aromatic rings. The SMILES string of the molecule is COc1ccc(S(=O)(=O)N(CC(C)C)C[C@@H](O)[C@H](Cc2ccc(OCc3ccccc3-c3sc4c(c3C(=O)O)CC(C)(C)CC4)cc2)NC(=O)OC2CO[C@@]3(C)OCC[C@@H]23)cc1. The van der Waals surface area contributed by atoms with Gasteiger partial charge in [-0.3, -0.25) is 0 Å². The molecule has 1 aliphatic carbocycles. The number of benzene rings is 3. The first-order chi connectivity index (χ1) is 29.5. The largest absolute Gasteiger partial charge is 0.497 e. The molecule has 13 nitrogen and oxygen atoms in total. The van der Waals surface area contributed by atoms with Crippen LogP contribution in [0.1, 0.15) is 79.4 Å². The lowest BCUT2D eigenvalue weighted by molar-refractivity contribution is -0.181. The summed E-state index contributed by atoms with van der Waals surface area (Å²) in [4.78, 5) is 28.2. The van der Waals surface area contributed by atoms with E-state index in [1.807, 2.05) is 57.2 Å². The number of carbonyl (C=O) groups excluding carboxylic acids is 1. The van der Waals surface area contributed by atoms with E-state index in [0.717, 1.165) is 51.3 Å². The number of amides is 1. The summed E-state index contributed by atoms with van der Waals surface area (Å²) in [5.74, 6) is -0.886. The van der Waals surface area contributed by atoms with E-state index in [9.17, 15) is 28.2 Å². The predicted molar refractivity (Wildman–Crippen MR) is 235 cm³/mol. The molecule has 62 heavy (non-hydrogen) atoms. The fraction of sp³-hybridized carbons (Fsp3) is 0.489. The molecular formula is C47H58N2O11S2. The van der Waals surface area contributed by atoms with Gasteiger partial charge in [0.05, 0.1) is 48.8 Å². The Balaban J connectivity index is 1.08. The first-order valence-corrected chi connectivity index (χ1v) is 23.5. The Bertz CT molecular complexity index is 2330. The van der Waals surface area contributed by atoms with Crippen LogP contribution in [0.3, 0.4) is 0 Å². The van der Waals surface area contributed by atoms with Gasteiger partial charge in [-0.25, -0.2) is 18.0 Å². The van der Waals surface area contributed by atoms with Crippen LogP contribution in [0.25, 0.3) is 10.4 Å². The molecule has 3 aliphatic rings. The van der Waals surface area contributed by atoms with Gasteiger partial charge >= 0.3 is 12.1 Å².